The van der Waals surface area contributed by atoms with Crippen LogP contribution in [0.5, 0.6) is 0 Å². The minimum absolute atomic E-state index is 0.143. The van der Waals surface area contributed by atoms with Crippen LogP contribution in [0.3, 0.4) is 0 Å². The van der Waals surface area contributed by atoms with Crippen LogP contribution in [0.1, 0.15) is 37.5 Å². The van der Waals surface area contributed by atoms with E-state index >= 15 is 0 Å². The molecule has 0 aliphatic carbocycles. The summed E-state index contributed by atoms with van der Waals surface area (Å²) in [6.45, 7) is 5.64. The molecule has 3 aromatic carbocycles. The number of aliphatic imine (C=N–C) groups is 1. The van der Waals surface area contributed by atoms with Crippen molar-refractivity contribution in [1.29, 1.82) is 0 Å². The van der Waals surface area contributed by atoms with E-state index in [0.717, 1.165) is 16.7 Å². The fourth-order valence-corrected chi connectivity index (χ4v) is 3.44. The zero-order valence-corrected chi connectivity index (χ0v) is 16.5. The van der Waals surface area contributed by atoms with Crippen LogP contribution in [0.25, 0.3) is 0 Å². The van der Waals surface area contributed by atoms with Crippen LogP contribution in [0.15, 0.2) is 96.0 Å². The lowest BCUT2D eigenvalue weighted by Crippen LogP contribution is -2.36. The summed E-state index contributed by atoms with van der Waals surface area (Å²) < 4.78 is 0. The third-order valence-corrected chi connectivity index (χ3v) is 4.77. The average Bonchev–Trinajstić information content (AvgIpc) is 2.70. The van der Waals surface area contributed by atoms with Crippen molar-refractivity contribution < 1.29 is 9.90 Å². The summed E-state index contributed by atoms with van der Waals surface area (Å²) in [5.74, 6) is -1.00. The van der Waals surface area contributed by atoms with E-state index in [-0.39, 0.29) is 5.71 Å². The van der Waals surface area contributed by atoms with Crippen molar-refractivity contribution in [2.45, 2.75) is 26.3 Å². The lowest BCUT2D eigenvalue weighted by atomic mass is 9.76. The van der Waals surface area contributed by atoms with Crippen molar-refractivity contribution in [2.75, 3.05) is 0 Å². The van der Waals surface area contributed by atoms with E-state index < -0.39 is 16.9 Å². The fourth-order valence-electron chi connectivity index (χ4n) is 3.44. The van der Waals surface area contributed by atoms with Crippen LogP contribution >= 0.6 is 0 Å². The van der Waals surface area contributed by atoms with Gasteiger partial charge in [0.2, 0.25) is 0 Å². The van der Waals surface area contributed by atoms with Crippen LogP contribution in [0, 0.1) is 5.41 Å². The Morgan fingerprint density at radius 3 is 1.25 bits per heavy atom. The monoisotopic (exact) mass is 371 g/mol. The molecule has 0 aliphatic heterocycles. The smallest absolute Gasteiger partial charge is 0.350 e. The third-order valence-electron chi connectivity index (χ3n) is 4.77. The molecule has 0 aliphatic rings. The quantitative estimate of drug-likeness (QED) is 0.472. The number of carboxylic acid groups (broad SMARTS) is 1. The second-order valence-corrected chi connectivity index (χ2v) is 7.82. The number of nitrogens with zero attached hydrogens (tertiary/aromatic N) is 1. The highest BCUT2D eigenvalue weighted by Crippen LogP contribution is 2.41. The first-order chi connectivity index (χ1) is 13.4. The van der Waals surface area contributed by atoms with E-state index in [9.17, 15) is 9.90 Å². The Bertz CT molecular complexity index is 859. The fraction of sp³-hybridized carbons (Fsp3) is 0.200. The standard InChI is InChI=1S/C25H25NO2/c1-24(2,3)22(23(27)28)26-25(19-13-7-4-8-14-19,20-15-9-5-10-16-20)21-17-11-6-12-18-21/h4-18H,1-3H3,(H,27,28). The first-order valence-corrected chi connectivity index (χ1v) is 9.36. The summed E-state index contributed by atoms with van der Waals surface area (Å²) >= 11 is 0. The Hall–Kier alpha value is -3.20. The molecule has 0 unspecified atom stereocenters. The molecule has 0 amide bonds. The SMILES string of the molecule is CC(C)(C)C(=NC(c1ccccc1)(c1ccccc1)c1ccccc1)C(=O)O. The molecule has 3 aromatic rings. The van der Waals surface area contributed by atoms with Crippen LogP contribution in [-0.2, 0) is 10.3 Å². The number of carboxylic acids is 1. The highest BCUT2D eigenvalue weighted by atomic mass is 16.4. The zero-order valence-electron chi connectivity index (χ0n) is 16.5. The van der Waals surface area contributed by atoms with Gasteiger partial charge < -0.3 is 5.11 Å². The molecule has 0 heterocycles. The average molecular weight is 371 g/mol. The van der Waals surface area contributed by atoms with Gasteiger partial charge in [0.1, 0.15) is 11.3 Å². The van der Waals surface area contributed by atoms with Gasteiger partial charge in [-0.25, -0.2) is 4.79 Å². The molecule has 0 atom stereocenters. The molecule has 0 saturated carbocycles. The van der Waals surface area contributed by atoms with Gasteiger partial charge in [0, 0.05) is 5.41 Å². The van der Waals surface area contributed by atoms with E-state index in [0.29, 0.717) is 0 Å². The topological polar surface area (TPSA) is 49.7 Å². The summed E-state index contributed by atoms with van der Waals surface area (Å²) in [5, 5.41) is 9.98. The molecule has 3 rings (SSSR count). The molecule has 0 bridgehead atoms. The molecule has 0 saturated heterocycles. The Morgan fingerprint density at radius 1 is 0.679 bits per heavy atom. The van der Waals surface area contributed by atoms with E-state index in [1.165, 1.54) is 0 Å². The van der Waals surface area contributed by atoms with E-state index in [2.05, 4.69) is 0 Å². The second-order valence-electron chi connectivity index (χ2n) is 7.82. The minimum atomic E-state index is -1.00. The van der Waals surface area contributed by atoms with Crippen LogP contribution in [-0.4, -0.2) is 16.8 Å². The van der Waals surface area contributed by atoms with Crippen molar-refractivity contribution in [3.63, 3.8) is 0 Å². The zero-order chi connectivity index (χ0) is 20.2. The van der Waals surface area contributed by atoms with Gasteiger partial charge in [0.15, 0.2) is 0 Å². The first-order valence-electron chi connectivity index (χ1n) is 9.36. The molecule has 3 nitrogen and oxygen atoms in total. The van der Waals surface area contributed by atoms with Gasteiger partial charge in [-0.15, -0.1) is 0 Å². The van der Waals surface area contributed by atoms with E-state index in [1.807, 2.05) is 112 Å². The molecular formula is C25H25NO2. The summed E-state index contributed by atoms with van der Waals surface area (Å²) in [6.07, 6.45) is 0. The number of hydrogen-bond donors (Lipinski definition) is 1. The maximum Gasteiger partial charge on any atom is 0.350 e. The largest absolute Gasteiger partial charge is 0.477 e. The Morgan fingerprint density at radius 2 is 1.00 bits per heavy atom. The van der Waals surface area contributed by atoms with Gasteiger partial charge in [0.05, 0.1) is 0 Å². The number of rotatable bonds is 5. The third kappa shape index (κ3) is 3.74. The van der Waals surface area contributed by atoms with Crippen molar-refractivity contribution >= 4 is 11.7 Å². The Labute approximate surface area is 166 Å². The normalized spacial score (nSPS) is 12.6. The van der Waals surface area contributed by atoms with Gasteiger partial charge in [-0.05, 0) is 16.7 Å². The molecule has 0 spiro atoms. The molecule has 1 N–H and O–H groups in total. The highest BCUT2D eigenvalue weighted by Gasteiger charge is 2.39. The lowest BCUT2D eigenvalue weighted by molar-refractivity contribution is -0.129. The number of aliphatic carboxylic acids is 1. The molecule has 28 heavy (non-hydrogen) atoms. The van der Waals surface area contributed by atoms with Gasteiger partial charge in [0.25, 0.3) is 0 Å². The van der Waals surface area contributed by atoms with Gasteiger partial charge in [-0.3, -0.25) is 4.99 Å². The number of hydrogen-bond acceptors (Lipinski definition) is 2. The van der Waals surface area contributed by atoms with Crippen LogP contribution < -0.4 is 0 Å². The summed E-state index contributed by atoms with van der Waals surface area (Å²) in [7, 11) is 0. The minimum Gasteiger partial charge on any atom is -0.477 e. The summed E-state index contributed by atoms with van der Waals surface area (Å²) in [5.41, 5.74) is 1.35. The van der Waals surface area contributed by atoms with Gasteiger partial charge in [-0.1, -0.05) is 112 Å². The van der Waals surface area contributed by atoms with Crippen molar-refractivity contribution in [3.05, 3.63) is 108 Å². The maximum atomic E-state index is 12.2. The van der Waals surface area contributed by atoms with Gasteiger partial charge >= 0.3 is 5.97 Å². The summed E-state index contributed by atoms with van der Waals surface area (Å²) in [6, 6.07) is 29.7. The number of carbonyl (C=O) groups is 1. The molecule has 142 valence electrons. The predicted molar refractivity (Wildman–Crippen MR) is 114 cm³/mol. The van der Waals surface area contributed by atoms with E-state index in [4.69, 9.17) is 4.99 Å². The van der Waals surface area contributed by atoms with Crippen LogP contribution in [0.2, 0.25) is 0 Å². The van der Waals surface area contributed by atoms with Crippen molar-refractivity contribution in [1.82, 2.24) is 0 Å². The van der Waals surface area contributed by atoms with Crippen molar-refractivity contribution in [3.8, 4) is 0 Å². The van der Waals surface area contributed by atoms with E-state index in [1.54, 1.807) is 0 Å². The molecule has 3 heteroatoms. The summed E-state index contributed by atoms with van der Waals surface area (Å²) in [4.78, 5) is 17.2. The molecule has 0 fully saturated rings. The second kappa shape index (κ2) is 7.81. The van der Waals surface area contributed by atoms with Crippen LogP contribution in [0.4, 0.5) is 0 Å². The predicted octanol–water partition coefficient (Wildman–Crippen LogP) is 5.55. The molecule has 0 radical (unpaired) electrons. The lowest BCUT2D eigenvalue weighted by Gasteiger charge is -2.34. The number of benzene rings is 3. The first kappa shape index (κ1) is 19.6. The molecular weight excluding hydrogens is 346 g/mol. The Balaban J connectivity index is 2.46. The highest BCUT2D eigenvalue weighted by molar-refractivity contribution is 6.37. The maximum absolute atomic E-state index is 12.2. The Kier molecular flexibility index (Phi) is 5.46. The van der Waals surface area contributed by atoms with Gasteiger partial charge in [-0.2, -0.15) is 0 Å². The van der Waals surface area contributed by atoms with Crippen molar-refractivity contribution in [2.24, 2.45) is 10.4 Å². The molecule has 0 aromatic heterocycles.